The number of para-hydroxylation sites is 1. The molecular formula is C12H14N. The Kier molecular flexibility index (Phi) is 2.65. The monoisotopic (exact) mass is 172 g/mol. The van der Waals surface area contributed by atoms with Gasteiger partial charge in [-0.3, -0.25) is 0 Å². The molecule has 0 aromatic heterocycles. The van der Waals surface area contributed by atoms with E-state index in [9.17, 15) is 0 Å². The largest absolute Gasteiger partial charge is 0.359 e. The van der Waals surface area contributed by atoms with Crippen molar-refractivity contribution in [2.24, 2.45) is 0 Å². The van der Waals surface area contributed by atoms with E-state index in [-0.39, 0.29) is 0 Å². The van der Waals surface area contributed by atoms with E-state index < -0.39 is 0 Å². The van der Waals surface area contributed by atoms with Crippen molar-refractivity contribution in [1.29, 1.82) is 0 Å². The number of benzene rings is 1. The van der Waals surface area contributed by atoms with Gasteiger partial charge in [-0.1, -0.05) is 18.2 Å². The fraction of sp³-hybridized carbons (Fsp3) is 0.333. The summed E-state index contributed by atoms with van der Waals surface area (Å²) in [5.74, 6) is 0. The zero-order valence-electron chi connectivity index (χ0n) is 7.72. The summed E-state index contributed by atoms with van der Waals surface area (Å²) in [7, 11) is 0. The number of allylic oxidation sites excluding steroid dienone is 2. The van der Waals surface area contributed by atoms with Crippen LogP contribution in [0.3, 0.4) is 0 Å². The Morgan fingerprint density at radius 1 is 1.08 bits per heavy atom. The zero-order valence-corrected chi connectivity index (χ0v) is 7.72. The van der Waals surface area contributed by atoms with Crippen molar-refractivity contribution in [1.82, 2.24) is 0 Å². The van der Waals surface area contributed by atoms with E-state index in [4.69, 9.17) is 0 Å². The van der Waals surface area contributed by atoms with Crippen molar-refractivity contribution in [3.8, 4) is 0 Å². The third kappa shape index (κ3) is 2.35. The lowest BCUT2D eigenvalue weighted by Crippen LogP contribution is -2.03. The van der Waals surface area contributed by atoms with Gasteiger partial charge in [-0.15, -0.1) is 0 Å². The van der Waals surface area contributed by atoms with Gasteiger partial charge in [0.15, 0.2) is 0 Å². The molecule has 67 valence electrons. The average molecular weight is 172 g/mol. The molecular weight excluding hydrogens is 158 g/mol. The summed E-state index contributed by atoms with van der Waals surface area (Å²) in [5.41, 5.74) is 2.43. The van der Waals surface area contributed by atoms with Crippen LogP contribution in [0.2, 0.25) is 0 Å². The molecule has 13 heavy (non-hydrogen) atoms. The molecule has 1 radical (unpaired) electrons. The lowest BCUT2D eigenvalue weighted by Gasteiger charge is -2.14. The van der Waals surface area contributed by atoms with Crippen molar-refractivity contribution in [2.45, 2.75) is 25.7 Å². The maximum absolute atomic E-state index is 3.39. The van der Waals surface area contributed by atoms with Crippen LogP contribution >= 0.6 is 0 Å². The minimum absolute atomic E-state index is 1.11. The standard InChI is InChI=1S/C12H14N/c1-3-7-11(8-4-1)13-12-9-5-2-6-10-12/h1,3-4,7-8,13H,2,5-6,9H2. The molecule has 2 rings (SSSR count). The lowest BCUT2D eigenvalue weighted by molar-refractivity contribution is 0.691. The number of anilines is 1. The van der Waals surface area contributed by atoms with E-state index in [1.54, 1.807) is 0 Å². The SMILES string of the molecule is [C]1=C(Nc2ccccc2)CCCC1. The lowest BCUT2D eigenvalue weighted by atomic mass is 10.0. The Balaban J connectivity index is 2.01. The molecule has 1 aliphatic rings. The molecule has 1 N–H and O–H groups in total. The molecule has 0 amide bonds. The molecule has 1 aromatic rings. The second-order valence-corrected chi connectivity index (χ2v) is 3.35. The van der Waals surface area contributed by atoms with Gasteiger partial charge in [0, 0.05) is 11.4 Å². The molecule has 1 aliphatic carbocycles. The molecule has 1 nitrogen and oxygen atoms in total. The average Bonchev–Trinajstić information content (AvgIpc) is 2.21. The van der Waals surface area contributed by atoms with Gasteiger partial charge in [0.2, 0.25) is 0 Å². The van der Waals surface area contributed by atoms with E-state index in [1.807, 2.05) is 18.2 Å². The van der Waals surface area contributed by atoms with Crippen LogP contribution in [0.25, 0.3) is 0 Å². The minimum atomic E-state index is 1.11. The van der Waals surface area contributed by atoms with Gasteiger partial charge in [0.25, 0.3) is 0 Å². The molecule has 1 aromatic carbocycles. The topological polar surface area (TPSA) is 12.0 Å². The Labute approximate surface area is 79.5 Å². The quantitative estimate of drug-likeness (QED) is 0.721. The van der Waals surface area contributed by atoms with Gasteiger partial charge in [-0.25, -0.2) is 0 Å². The van der Waals surface area contributed by atoms with Crippen LogP contribution in [0.4, 0.5) is 5.69 Å². The maximum Gasteiger partial charge on any atom is 0.0381 e. The number of hydrogen-bond donors (Lipinski definition) is 1. The highest BCUT2D eigenvalue weighted by Gasteiger charge is 2.03. The van der Waals surface area contributed by atoms with Gasteiger partial charge >= 0.3 is 0 Å². The molecule has 0 atom stereocenters. The van der Waals surface area contributed by atoms with Crippen LogP contribution < -0.4 is 5.32 Å². The first-order valence-corrected chi connectivity index (χ1v) is 4.87. The number of nitrogens with one attached hydrogen (secondary N) is 1. The highest BCUT2D eigenvalue weighted by atomic mass is 14.9. The maximum atomic E-state index is 3.39. The molecule has 0 bridgehead atoms. The summed E-state index contributed by atoms with van der Waals surface area (Å²) in [4.78, 5) is 0. The van der Waals surface area contributed by atoms with Gasteiger partial charge < -0.3 is 5.32 Å². The van der Waals surface area contributed by atoms with Gasteiger partial charge in [0.05, 0.1) is 0 Å². The van der Waals surface area contributed by atoms with E-state index in [1.165, 1.54) is 24.2 Å². The summed E-state index contributed by atoms with van der Waals surface area (Å²) < 4.78 is 0. The predicted octanol–water partition coefficient (Wildman–Crippen LogP) is 3.36. The number of rotatable bonds is 2. The normalized spacial score (nSPS) is 16.5. The Morgan fingerprint density at radius 2 is 1.92 bits per heavy atom. The first kappa shape index (κ1) is 8.36. The van der Waals surface area contributed by atoms with E-state index >= 15 is 0 Å². The third-order valence-electron chi connectivity index (χ3n) is 2.26. The summed E-state index contributed by atoms with van der Waals surface area (Å²) in [6, 6.07) is 10.3. The smallest absolute Gasteiger partial charge is 0.0381 e. The molecule has 0 saturated heterocycles. The third-order valence-corrected chi connectivity index (χ3v) is 2.26. The fourth-order valence-corrected chi connectivity index (χ4v) is 1.56. The van der Waals surface area contributed by atoms with E-state index in [0.29, 0.717) is 0 Å². The van der Waals surface area contributed by atoms with Crippen LogP contribution in [-0.2, 0) is 0 Å². The van der Waals surface area contributed by atoms with E-state index in [2.05, 4.69) is 23.5 Å². The Morgan fingerprint density at radius 3 is 2.62 bits per heavy atom. The van der Waals surface area contributed by atoms with Crippen molar-refractivity contribution in [2.75, 3.05) is 5.32 Å². The fourth-order valence-electron chi connectivity index (χ4n) is 1.56. The van der Waals surface area contributed by atoms with Gasteiger partial charge in [-0.05, 0) is 43.9 Å². The van der Waals surface area contributed by atoms with Crippen LogP contribution in [0.1, 0.15) is 25.7 Å². The second-order valence-electron chi connectivity index (χ2n) is 3.35. The molecule has 0 fully saturated rings. The molecule has 0 aliphatic heterocycles. The van der Waals surface area contributed by atoms with Gasteiger partial charge in [0.1, 0.15) is 0 Å². The minimum Gasteiger partial charge on any atom is -0.359 e. The Hall–Kier alpha value is -1.24. The first-order valence-electron chi connectivity index (χ1n) is 4.87. The second kappa shape index (κ2) is 4.13. The van der Waals surface area contributed by atoms with Crippen molar-refractivity contribution >= 4 is 5.69 Å². The molecule has 0 spiro atoms. The van der Waals surface area contributed by atoms with Crippen LogP contribution in [0, 0.1) is 6.08 Å². The summed E-state index contributed by atoms with van der Waals surface area (Å²) >= 11 is 0. The summed E-state index contributed by atoms with van der Waals surface area (Å²) in [6.45, 7) is 0. The van der Waals surface area contributed by atoms with Crippen LogP contribution in [0.5, 0.6) is 0 Å². The predicted molar refractivity (Wildman–Crippen MR) is 55.3 cm³/mol. The molecule has 0 unspecified atom stereocenters. The highest BCUT2D eigenvalue weighted by Crippen LogP contribution is 2.18. The van der Waals surface area contributed by atoms with Gasteiger partial charge in [-0.2, -0.15) is 0 Å². The zero-order chi connectivity index (χ0) is 8.93. The van der Waals surface area contributed by atoms with Crippen LogP contribution in [0.15, 0.2) is 36.0 Å². The molecule has 0 saturated carbocycles. The van der Waals surface area contributed by atoms with Crippen LogP contribution in [-0.4, -0.2) is 0 Å². The first-order chi connectivity index (χ1) is 6.45. The van der Waals surface area contributed by atoms with Crippen molar-refractivity contribution in [3.05, 3.63) is 42.1 Å². The summed E-state index contributed by atoms with van der Waals surface area (Å²) in [5, 5.41) is 3.39. The Bertz CT molecular complexity index is 287. The highest BCUT2D eigenvalue weighted by molar-refractivity contribution is 5.47. The molecule has 0 heterocycles. The van der Waals surface area contributed by atoms with Crippen molar-refractivity contribution < 1.29 is 0 Å². The summed E-state index contributed by atoms with van der Waals surface area (Å²) in [6.07, 6.45) is 8.21. The molecule has 1 heteroatoms. The number of hydrogen-bond acceptors (Lipinski definition) is 1. The van der Waals surface area contributed by atoms with Crippen molar-refractivity contribution in [3.63, 3.8) is 0 Å². The van der Waals surface area contributed by atoms with E-state index in [0.717, 1.165) is 12.8 Å².